The molecular formula is C19H17N5OS2. The maximum absolute atomic E-state index is 5.82. The standard InChI is InChI=1S/C19H17N5OS2/c1-12-8-6-7-11-15(12)20-18-23-24-19(27-18)26-13(2)16-21-22-17(25-16)14-9-4-3-5-10-14/h3-11,13H,1-2H3,(H,20,23)/t13-/m0/s1. The van der Waals surface area contributed by atoms with Crippen molar-refractivity contribution in [3.05, 3.63) is 66.1 Å². The van der Waals surface area contributed by atoms with Gasteiger partial charge in [-0.15, -0.1) is 20.4 Å². The summed E-state index contributed by atoms with van der Waals surface area (Å²) in [5.74, 6) is 1.10. The van der Waals surface area contributed by atoms with Crippen molar-refractivity contribution in [3.8, 4) is 11.5 Å². The average molecular weight is 396 g/mol. The predicted octanol–water partition coefficient (Wildman–Crippen LogP) is 5.49. The van der Waals surface area contributed by atoms with E-state index in [1.54, 1.807) is 11.8 Å². The summed E-state index contributed by atoms with van der Waals surface area (Å²) in [5, 5.41) is 20.8. The van der Waals surface area contributed by atoms with E-state index in [1.807, 2.05) is 55.5 Å². The van der Waals surface area contributed by atoms with E-state index < -0.39 is 0 Å². The first-order valence-electron chi connectivity index (χ1n) is 8.40. The third-order valence-corrected chi connectivity index (χ3v) is 5.89. The van der Waals surface area contributed by atoms with Gasteiger partial charge in [0, 0.05) is 11.3 Å². The van der Waals surface area contributed by atoms with Crippen LogP contribution in [0.2, 0.25) is 0 Å². The number of para-hydroxylation sites is 1. The van der Waals surface area contributed by atoms with E-state index in [0.717, 1.165) is 26.3 Å². The number of rotatable bonds is 6. The van der Waals surface area contributed by atoms with Crippen LogP contribution in [0.15, 0.2) is 63.4 Å². The van der Waals surface area contributed by atoms with Crippen LogP contribution in [0.25, 0.3) is 11.5 Å². The summed E-state index contributed by atoms with van der Waals surface area (Å²) in [4.78, 5) is 0. The van der Waals surface area contributed by atoms with Crippen molar-refractivity contribution in [2.75, 3.05) is 5.32 Å². The molecule has 4 rings (SSSR count). The van der Waals surface area contributed by atoms with Crippen molar-refractivity contribution in [2.45, 2.75) is 23.4 Å². The molecule has 0 saturated carbocycles. The van der Waals surface area contributed by atoms with Crippen LogP contribution in [0.5, 0.6) is 0 Å². The molecule has 6 nitrogen and oxygen atoms in total. The van der Waals surface area contributed by atoms with Gasteiger partial charge in [-0.1, -0.05) is 59.5 Å². The third kappa shape index (κ3) is 4.17. The molecule has 0 aliphatic rings. The molecule has 8 heteroatoms. The van der Waals surface area contributed by atoms with E-state index in [0.29, 0.717) is 11.8 Å². The topological polar surface area (TPSA) is 76.7 Å². The highest BCUT2D eigenvalue weighted by atomic mass is 32.2. The monoisotopic (exact) mass is 395 g/mol. The molecule has 4 aromatic rings. The van der Waals surface area contributed by atoms with E-state index in [-0.39, 0.29) is 5.25 Å². The van der Waals surface area contributed by atoms with Crippen molar-refractivity contribution >= 4 is 33.9 Å². The van der Waals surface area contributed by atoms with Crippen molar-refractivity contribution in [3.63, 3.8) is 0 Å². The van der Waals surface area contributed by atoms with Crippen LogP contribution in [0.4, 0.5) is 10.8 Å². The number of thioether (sulfide) groups is 1. The van der Waals surface area contributed by atoms with Gasteiger partial charge < -0.3 is 9.73 Å². The number of nitrogens with zero attached hydrogens (tertiary/aromatic N) is 4. The van der Waals surface area contributed by atoms with Gasteiger partial charge in [-0.25, -0.2) is 0 Å². The second-order valence-corrected chi connectivity index (χ2v) is 8.45. The highest BCUT2D eigenvalue weighted by molar-refractivity contribution is 8.01. The molecule has 0 amide bonds. The predicted molar refractivity (Wildman–Crippen MR) is 108 cm³/mol. The van der Waals surface area contributed by atoms with Crippen molar-refractivity contribution in [2.24, 2.45) is 0 Å². The summed E-state index contributed by atoms with van der Waals surface area (Å²) >= 11 is 3.05. The van der Waals surface area contributed by atoms with Crippen LogP contribution < -0.4 is 5.32 Å². The molecule has 2 aromatic heterocycles. The number of hydrogen-bond donors (Lipinski definition) is 1. The average Bonchev–Trinajstić information content (AvgIpc) is 3.34. The summed E-state index contributed by atoms with van der Waals surface area (Å²) in [5.41, 5.74) is 3.10. The molecule has 2 aromatic carbocycles. The lowest BCUT2D eigenvalue weighted by Crippen LogP contribution is -1.91. The summed E-state index contributed by atoms with van der Waals surface area (Å²) in [7, 11) is 0. The highest BCUT2D eigenvalue weighted by Crippen LogP contribution is 2.38. The molecular weight excluding hydrogens is 378 g/mol. The fourth-order valence-corrected chi connectivity index (χ4v) is 4.37. The minimum atomic E-state index is -0.0192. The Bertz CT molecular complexity index is 1030. The minimum absolute atomic E-state index is 0.0192. The molecule has 0 radical (unpaired) electrons. The second kappa shape index (κ2) is 7.89. The second-order valence-electron chi connectivity index (χ2n) is 5.88. The Balaban J connectivity index is 1.43. The number of benzene rings is 2. The first kappa shape index (κ1) is 17.7. The molecule has 0 aliphatic heterocycles. The Morgan fingerprint density at radius 1 is 0.963 bits per heavy atom. The zero-order chi connectivity index (χ0) is 18.6. The highest BCUT2D eigenvalue weighted by Gasteiger charge is 2.18. The van der Waals surface area contributed by atoms with Crippen LogP contribution in [-0.2, 0) is 0 Å². The van der Waals surface area contributed by atoms with E-state index in [4.69, 9.17) is 4.42 Å². The van der Waals surface area contributed by atoms with Crippen LogP contribution in [0.3, 0.4) is 0 Å². The van der Waals surface area contributed by atoms with E-state index in [2.05, 4.69) is 38.7 Å². The Labute approximate surface area is 165 Å². The SMILES string of the molecule is Cc1ccccc1Nc1nnc(S[C@@H](C)c2nnc(-c3ccccc3)o2)s1. The maximum Gasteiger partial charge on any atom is 0.247 e. The van der Waals surface area contributed by atoms with Gasteiger partial charge in [-0.3, -0.25) is 0 Å². The molecule has 2 heterocycles. The van der Waals surface area contributed by atoms with E-state index in [1.165, 1.54) is 11.3 Å². The number of anilines is 2. The molecule has 0 saturated heterocycles. The zero-order valence-corrected chi connectivity index (χ0v) is 16.4. The van der Waals surface area contributed by atoms with Crippen LogP contribution in [-0.4, -0.2) is 20.4 Å². The Hall–Kier alpha value is -2.71. The smallest absolute Gasteiger partial charge is 0.247 e. The molecule has 0 unspecified atom stereocenters. The Kier molecular flexibility index (Phi) is 5.17. The quantitative estimate of drug-likeness (QED) is 0.432. The summed E-state index contributed by atoms with van der Waals surface area (Å²) in [6, 6.07) is 17.8. The fraction of sp³-hybridized carbons (Fsp3) is 0.158. The summed E-state index contributed by atoms with van der Waals surface area (Å²) in [6.07, 6.45) is 0. The number of aryl methyl sites for hydroxylation is 1. The maximum atomic E-state index is 5.82. The van der Waals surface area contributed by atoms with Gasteiger partial charge >= 0.3 is 0 Å². The molecule has 0 aliphatic carbocycles. The minimum Gasteiger partial charge on any atom is -0.419 e. The van der Waals surface area contributed by atoms with E-state index >= 15 is 0 Å². The first-order chi connectivity index (χ1) is 13.2. The number of hydrogen-bond acceptors (Lipinski definition) is 8. The lowest BCUT2D eigenvalue weighted by atomic mass is 10.2. The van der Waals surface area contributed by atoms with Crippen molar-refractivity contribution in [1.82, 2.24) is 20.4 Å². The Morgan fingerprint density at radius 2 is 1.74 bits per heavy atom. The molecule has 0 fully saturated rings. The molecule has 136 valence electrons. The van der Waals surface area contributed by atoms with Gasteiger partial charge in [0.05, 0.1) is 5.25 Å². The van der Waals surface area contributed by atoms with Crippen LogP contribution in [0, 0.1) is 6.92 Å². The van der Waals surface area contributed by atoms with E-state index in [9.17, 15) is 0 Å². The molecule has 1 N–H and O–H groups in total. The van der Waals surface area contributed by atoms with Crippen molar-refractivity contribution < 1.29 is 4.42 Å². The summed E-state index contributed by atoms with van der Waals surface area (Å²) in [6.45, 7) is 4.07. The fourth-order valence-electron chi connectivity index (χ4n) is 2.43. The molecule has 0 spiro atoms. The van der Waals surface area contributed by atoms with Crippen molar-refractivity contribution in [1.29, 1.82) is 0 Å². The molecule has 27 heavy (non-hydrogen) atoms. The summed E-state index contributed by atoms with van der Waals surface area (Å²) < 4.78 is 6.67. The number of nitrogens with one attached hydrogen (secondary N) is 1. The largest absolute Gasteiger partial charge is 0.419 e. The zero-order valence-electron chi connectivity index (χ0n) is 14.8. The van der Waals surface area contributed by atoms with Crippen LogP contribution >= 0.6 is 23.1 Å². The Morgan fingerprint density at radius 3 is 2.56 bits per heavy atom. The number of aromatic nitrogens is 4. The van der Waals surface area contributed by atoms with Gasteiger partial charge in [0.25, 0.3) is 0 Å². The van der Waals surface area contributed by atoms with Gasteiger partial charge in [0.1, 0.15) is 0 Å². The molecule has 0 bridgehead atoms. The molecule has 1 atom stereocenters. The normalized spacial score (nSPS) is 12.1. The van der Waals surface area contributed by atoms with Gasteiger partial charge in [-0.2, -0.15) is 0 Å². The van der Waals surface area contributed by atoms with Crippen LogP contribution in [0.1, 0.15) is 23.6 Å². The lowest BCUT2D eigenvalue weighted by Gasteiger charge is -2.04. The lowest BCUT2D eigenvalue weighted by molar-refractivity contribution is 0.509. The third-order valence-electron chi connectivity index (χ3n) is 3.88. The van der Waals surface area contributed by atoms with Gasteiger partial charge in [0.2, 0.25) is 16.9 Å². The van der Waals surface area contributed by atoms with Gasteiger partial charge in [0.15, 0.2) is 4.34 Å². The van der Waals surface area contributed by atoms with Gasteiger partial charge in [-0.05, 0) is 37.6 Å². The first-order valence-corrected chi connectivity index (χ1v) is 10.1.